The van der Waals surface area contributed by atoms with E-state index in [2.05, 4.69) is 37.9 Å². The Morgan fingerprint density at radius 3 is 3.21 bits per heavy atom. The van der Waals surface area contributed by atoms with Gasteiger partial charge in [0.25, 0.3) is 5.91 Å². The van der Waals surface area contributed by atoms with Gasteiger partial charge in [-0.25, -0.2) is 4.52 Å². The molecule has 1 N–H and O–H groups in total. The molecule has 0 saturated carbocycles. The zero-order valence-electron chi connectivity index (χ0n) is 10.3. The molecule has 0 aliphatic heterocycles. The molecule has 0 aromatic carbocycles. The quantitative estimate of drug-likeness (QED) is 0.854. The normalized spacial score (nSPS) is 12.3. The molecule has 0 fully saturated rings. The van der Waals surface area contributed by atoms with E-state index in [9.17, 15) is 4.79 Å². The number of rotatable bonds is 5. The summed E-state index contributed by atoms with van der Waals surface area (Å²) in [5.74, 6) is -0.0472. The number of hydrogen-bond acceptors (Lipinski definition) is 4. The number of fused-ring (bicyclic) bond motifs is 1. The lowest BCUT2D eigenvalue weighted by Gasteiger charge is -2.09. The van der Waals surface area contributed by atoms with Crippen LogP contribution < -0.4 is 5.32 Å². The number of halogens is 1. The lowest BCUT2D eigenvalue weighted by molar-refractivity contribution is -0.125. The van der Waals surface area contributed by atoms with Crippen LogP contribution in [0.15, 0.2) is 35.5 Å². The molecular formula is C12H13BrN4O2. The third-order valence-electron chi connectivity index (χ3n) is 2.36. The fourth-order valence-corrected chi connectivity index (χ4v) is 1.74. The van der Waals surface area contributed by atoms with Crippen LogP contribution in [-0.2, 0) is 9.53 Å². The molecule has 100 valence electrons. The first-order valence-electron chi connectivity index (χ1n) is 5.65. The van der Waals surface area contributed by atoms with Crippen molar-refractivity contribution < 1.29 is 9.53 Å². The maximum atomic E-state index is 11.8. The van der Waals surface area contributed by atoms with Crippen molar-refractivity contribution >= 4 is 33.4 Å². The highest BCUT2D eigenvalue weighted by atomic mass is 79.9. The highest BCUT2D eigenvalue weighted by molar-refractivity contribution is 9.10. The van der Waals surface area contributed by atoms with Crippen LogP contribution in [0.3, 0.4) is 0 Å². The Bertz CT molecular complexity index is 611. The molecule has 6 nitrogen and oxygen atoms in total. The van der Waals surface area contributed by atoms with Gasteiger partial charge in [0.15, 0.2) is 5.65 Å². The molecule has 0 bridgehead atoms. The van der Waals surface area contributed by atoms with Crippen molar-refractivity contribution in [2.75, 3.05) is 11.9 Å². The van der Waals surface area contributed by atoms with E-state index in [0.717, 1.165) is 4.47 Å². The number of carbonyl (C=O) groups excluding carboxylic acids is 1. The van der Waals surface area contributed by atoms with Crippen LogP contribution in [0.2, 0.25) is 0 Å². The van der Waals surface area contributed by atoms with Gasteiger partial charge in [-0.15, -0.1) is 11.7 Å². The smallest absolute Gasteiger partial charge is 0.255 e. The van der Waals surface area contributed by atoms with Crippen LogP contribution in [-0.4, -0.2) is 33.2 Å². The van der Waals surface area contributed by atoms with Gasteiger partial charge in [-0.3, -0.25) is 10.1 Å². The molecule has 2 heterocycles. The zero-order valence-corrected chi connectivity index (χ0v) is 11.9. The summed E-state index contributed by atoms with van der Waals surface area (Å²) < 4.78 is 7.68. The molecular weight excluding hydrogens is 312 g/mol. The number of anilines is 1. The van der Waals surface area contributed by atoms with E-state index in [1.807, 2.05) is 6.07 Å². The largest absolute Gasteiger partial charge is 0.365 e. The number of hydrogen-bond donors (Lipinski definition) is 1. The molecule has 0 aliphatic rings. The average Bonchev–Trinajstić information content (AvgIpc) is 2.77. The topological polar surface area (TPSA) is 68.5 Å². The van der Waals surface area contributed by atoms with Gasteiger partial charge in [0.05, 0.1) is 6.61 Å². The minimum absolute atomic E-state index is 0.247. The van der Waals surface area contributed by atoms with E-state index in [1.54, 1.807) is 29.8 Å². The molecule has 2 rings (SSSR count). The SMILES string of the molecule is C=CCO[C@@H](C)C(=O)Nc1nc2ccc(Br)cn2n1. The monoisotopic (exact) mass is 324 g/mol. The van der Waals surface area contributed by atoms with E-state index >= 15 is 0 Å². The van der Waals surface area contributed by atoms with Crippen LogP contribution in [0.1, 0.15) is 6.92 Å². The van der Waals surface area contributed by atoms with E-state index in [4.69, 9.17) is 4.74 Å². The first-order chi connectivity index (χ1) is 9.10. The molecule has 7 heteroatoms. The molecule has 1 amide bonds. The maximum absolute atomic E-state index is 11.8. The third kappa shape index (κ3) is 3.39. The average molecular weight is 325 g/mol. The summed E-state index contributed by atoms with van der Waals surface area (Å²) in [6.07, 6.45) is 2.76. The predicted molar refractivity (Wildman–Crippen MR) is 74.9 cm³/mol. The number of carbonyl (C=O) groups is 1. The Kier molecular flexibility index (Phi) is 4.28. The standard InChI is InChI=1S/C12H13BrN4O2/c1-3-6-19-8(2)11(18)15-12-14-10-5-4-9(13)7-17(10)16-12/h3-5,7-8H,1,6H2,2H3,(H,15,16,18)/t8-/m0/s1. The van der Waals surface area contributed by atoms with Crippen molar-refractivity contribution in [2.45, 2.75) is 13.0 Å². The van der Waals surface area contributed by atoms with Gasteiger partial charge < -0.3 is 4.74 Å². The van der Waals surface area contributed by atoms with Crippen molar-refractivity contribution in [3.63, 3.8) is 0 Å². The van der Waals surface area contributed by atoms with Crippen molar-refractivity contribution in [1.82, 2.24) is 14.6 Å². The van der Waals surface area contributed by atoms with Crippen molar-refractivity contribution in [1.29, 1.82) is 0 Å². The molecule has 0 saturated heterocycles. The second-order valence-corrected chi connectivity index (χ2v) is 4.75. The number of pyridine rings is 1. The Morgan fingerprint density at radius 1 is 1.68 bits per heavy atom. The summed E-state index contributed by atoms with van der Waals surface area (Å²) in [5.41, 5.74) is 0.651. The van der Waals surface area contributed by atoms with Gasteiger partial charge in [-0.05, 0) is 35.0 Å². The fraction of sp³-hybridized carbons (Fsp3) is 0.250. The fourth-order valence-electron chi connectivity index (χ4n) is 1.41. The number of ether oxygens (including phenoxy) is 1. The predicted octanol–water partition coefficient (Wildman–Crippen LogP) is 2.02. The molecule has 2 aromatic rings. The summed E-state index contributed by atoms with van der Waals surface area (Å²) in [6, 6.07) is 3.65. The van der Waals surface area contributed by atoms with E-state index in [1.165, 1.54) is 0 Å². The van der Waals surface area contributed by atoms with Crippen LogP contribution in [0.25, 0.3) is 5.65 Å². The summed E-state index contributed by atoms with van der Waals surface area (Å²) in [6.45, 7) is 5.50. The minimum atomic E-state index is -0.587. The van der Waals surface area contributed by atoms with Crippen LogP contribution >= 0.6 is 15.9 Å². The maximum Gasteiger partial charge on any atom is 0.255 e. The molecule has 19 heavy (non-hydrogen) atoms. The van der Waals surface area contributed by atoms with Gasteiger partial charge in [0, 0.05) is 10.7 Å². The van der Waals surface area contributed by atoms with Crippen molar-refractivity contribution in [3.05, 3.63) is 35.5 Å². The summed E-state index contributed by atoms with van der Waals surface area (Å²) >= 11 is 3.34. The number of amides is 1. The molecule has 1 atom stereocenters. The van der Waals surface area contributed by atoms with Gasteiger partial charge in [0.1, 0.15) is 6.10 Å². The molecule has 0 radical (unpaired) electrons. The second kappa shape index (κ2) is 5.94. The lowest BCUT2D eigenvalue weighted by atomic mass is 10.4. The van der Waals surface area contributed by atoms with Crippen LogP contribution in [0.4, 0.5) is 5.95 Å². The third-order valence-corrected chi connectivity index (χ3v) is 2.83. The summed E-state index contributed by atoms with van der Waals surface area (Å²) in [7, 11) is 0. The zero-order chi connectivity index (χ0) is 13.8. The summed E-state index contributed by atoms with van der Waals surface area (Å²) in [4.78, 5) is 16.0. The van der Waals surface area contributed by atoms with Gasteiger partial charge in [0.2, 0.25) is 5.95 Å². The van der Waals surface area contributed by atoms with Crippen molar-refractivity contribution in [3.8, 4) is 0 Å². The highest BCUT2D eigenvalue weighted by Gasteiger charge is 2.15. The molecule has 0 spiro atoms. The highest BCUT2D eigenvalue weighted by Crippen LogP contribution is 2.12. The van der Waals surface area contributed by atoms with Crippen molar-refractivity contribution in [2.24, 2.45) is 0 Å². The Morgan fingerprint density at radius 2 is 2.47 bits per heavy atom. The Balaban J connectivity index is 2.08. The van der Waals surface area contributed by atoms with E-state index in [-0.39, 0.29) is 11.9 Å². The number of aromatic nitrogens is 3. The molecule has 0 aliphatic carbocycles. The van der Waals surface area contributed by atoms with E-state index < -0.39 is 6.10 Å². The van der Waals surface area contributed by atoms with Crippen LogP contribution in [0, 0.1) is 0 Å². The van der Waals surface area contributed by atoms with Gasteiger partial charge in [-0.2, -0.15) is 4.98 Å². The summed E-state index contributed by atoms with van der Waals surface area (Å²) in [5, 5.41) is 6.75. The molecule has 0 unspecified atom stereocenters. The second-order valence-electron chi connectivity index (χ2n) is 3.84. The van der Waals surface area contributed by atoms with Gasteiger partial charge >= 0.3 is 0 Å². The van der Waals surface area contributed by atoms with Crippen LogP contribution in [0.5, 0.6) is 0 Å². The first-order valence-corrected chi connectivity index (χ1v) is 6.44. The molecule has 2 aromatic heterocycles. The Hall–Kier alpha value is -1.73. The lowest BCUT2D eigenvalue weighted by Crippen LogP contribution is -2.28. The van der Waals surface area contributed by atoms with Gasteiger partial charge in [-0.1, -0.05) is 6.08 Å². The number of nitrogens with zero attached hydrogens (tertiary/aromatic N) is 3. The number of nitrogens with one attached hydrogen (secondary N) is 1. The minimum Gasteiger partial charge on any atom is -0.365 e. The first kappa shape index (κ1) is 13.7. The Labute approximate surface area is 118 Å². The van der Waals surface area contributed by atoms with E-state index in [0.29, 0.717) is 12.3 Å².